The summed E-state index contributed by atoms with van der Waals surface area (Å²) >= 11 is 0. The summed E-state index contributed by atoms with van der Waals surface area (Å²) in [7, 11) is 1.37. The lowest BCUT2D eigenvalue weighted by atomic mass is 10.1. The fourth-order valence-electron chi connectivity index (χ4n) is 4.40. The molecule has 1 atom stereocenters. The third-order valence-corrected chi connectivity index (χ3v) is 6.50. The van der Waals surface area contributed by atoms with Gasteiger partial charge in [0.2, 0.25) is 0 Å². The standard InChI is InChI=1S/C25H26FN5O4/c1-16-3-5-17(6-4-16)22-14-31-20(15-35-22)23(27-28-31)25(33)30-11-9-29(10-12-30)24(32)18-7-8-21(34-2)19(26)13-18/h3-8,13,22H,9-12,14-15H2,1-2H3/t22-/m1/s1. The zero-order valence-corrected chi connectivity index (χ0v) is 19.6. The number of halogens is 1. The molecule has 1 aromatic heterocycles. The van der Waals surface area contributed by atoms with Gasteiger partial charge in [0.15, 0.2) is 17.3 Å². The highest BCUT2D eigenvalue weighted by Gasteiger charge is 2.32. The van der Waals surface area contributed by atoms with Gasteiger partial charge in [-0.25, -0.2) is 9.07 Å². The number of aromatic nitrogens is 3. The first-order chi connectivity index (χ1) is 16.9. The van der Waals surface area contributed by atoms with E-state index in [9.17, 15) is 14.0 Å². The Morgan fingerprint density at radius 2 is 1.71 bits per heavy atom. The van der Waals surface area contributed by atoms with Gasteiger partial charge in [0.1, 0.15) is 6.10 Å². The lowest BCUT2D eigenvalue weighted by Crippen LogP contribution is -2.50. The zero-order valence-electron chi connectivity index (χ0n) is 19.6. The molecule has 182 valence electrons. The number of carbonyl (C=O) groups excluding carboxylic acids is 2. The Balaban J connectivity index is 1.22. The Bertz CT molecular complexity index is 1250. The van der Waals surface area contributed by atoms with E-state index in [2.05, 4.69) is 10.3 Å². The SMILES string of the molecule is COc1ccc(C(=O)N2CCN(C(=O)c3nnn4c3CO[C@@H](c3ccc(C)cc3)C4)CC2)cc1F. The number of rotatable bonds is 4. The summed E-state index contributed by atoms with van der Waals surface area (Å²) in [6, 6.07) is 12.3. The Kier molecular flexibility index (Phi) is 6.21. The second-order valence-electron chi connectivity index (χ2n) is 8.71. The maximum Gasteiger partial charge on any atom is 0.276 e. The van der Waals surface area contributed by atoms with Crippen LogP contribution in [0.1, 0.15) is 43.8 Å². The summed E-state index contributed by atoms with van der Waals surface area (Å²) in [5.41, 5.74) is 3.42. The second-order valence-corrected chi connectivity index (χ2v) is 8.71. The highest BCUT2D eigenvalue weighted by atomic mass is 19.1. The number of amides is 2. The van der Waals surface area contributed by atoms with Gasteiger partial charge in [0, 0.05) is 31.7 Å². The van der Waals surface area contributed by atoms with Crippen molar-refractivity contribution in [1.29, 1.82) is 0 Å². The van der Waals surface area contributed by atoms with Gasteiger partial charge in [-0.05, 0) is 30.7 Å². The van der Waals surface area contributed by atoms with Crippen LogP contribution in [0.4, 0.5) is 4.39 Å². The number of hydrogen-bond acceptors (Lipinski definition) is 6. The molecule has 0 saturated carbocycles. The van der Waals surface area contributed by atoms with Gasteiger partial charge >= 0.3 is 0 Å². The van der Waals surface area contributed by atoms with E-state index in [-0.39, 0.29) is 41.5 Å². The molecule has 35 heavy (non-hydrogen) atoms. The Morgan fingerprint density at radius 1 is 1.03 bits per heavy atom. The van der Waals surface area contributed by atoms with Crippen molar-refractivity contribution in [3.8, 4) is 5.75 Å². The largest absolute Gasteiger partial charge is 0.494 e. The van der Waals surface area contributed by atoms with E-state index < -0.39 is 5.82 Å². The van der Waals surface area contributed by atoms with E-state index >= 15 is 0 Å². The molecule has 0 radical (unpaired) electrons. The summed E-state index contributed by atoms with van der Waals surface area (Å²) in [6.45, 7) is 4.15. The zero-order chi connectivity index (χ0) is 24.5. The summed E-state index contributed by atoms with van der Waals surface area (Å²) in [4.78, 5) is 29.2. The van der Waals surface area contributed by atoms with E-state index in [0.717, 1.165) is 5.56 Å². The highest BCUT2D eigenvalue weighted by molar-refractivity contribution is 5.95. The molecule has 1 fully saturated rings. The Labute approximate surface area is 202 Å². The van der Waals surface area contributed by atoms with Gasteiger partial charge in [0.05, 0.1) is 26.0 Å². The summed E-state index contributed by atoms with van der Waals surface area (Å²) in [5, 5.41) is 8.35. The first-order valence-electron chi connectivity index (χ1n) is 11.5. The van der Waals surface area contributed by atoms with E-state index in [0.29, 0.717) is 38.4 Å². The molecule has 9 nitrogen and oxygen atoms in total. The molecule has 0 aliphatic carbocycles. The lowest BCUT2D eigenvalue weighted by molar-refractivity contribution is -0.00203. The van der Waals surface area contributed by atoms with Crippen LogP contribution in [0.3, 0.4) is 0 Å². The minimum absolute atomic E-state index is 0.0862. The Hall–Kier alpha value is -3.79. The topological polar surface area (TPSA) is 89.8 Å². The van der Waals surface area contributed by atoms with Crippen LogP contribution in [0.25, 0.3) is 0 Å². The first-order valence-corrected chi connectivity index (χ1v) is 11.5. The minimum atomic E-state index is -0.587. The molecular weight excluding hydrogens is 453 g/mol. The summed E-state index contributed by atoms with van der Waals surface area (Å²) < 4.78 is 26.7. The maximum atomic E-state index is 14.0. The number of benzene rings is 2. The van der Waals surface area contributed by atoms with Crippen LogP contribution >= 0.6 is 0 Å². The van der Waals surface area contributed by atoms with Crippen molar-refractivity contribution in [2.75, 3.05) is 33.3 Å². The van der Waals surface area contributed by atoms with Crippen molar-refractivity contribution in [3.63, 3.8) is 0 Å². The molecule has 10 heteroatoms. The average Bonchev–Trinajstić information content (AvgIpc) is 3.31. The van der Waals surface area contributed by atoms with Crippen molar-refractivity contribution in [2.24, 2.45) is 0 Å². The number of nitrogens with zero attached hydrogens (tertiary/aromatic N) is 5. The summed E-state index contributed by atoms with van der Waals surface area (Å²) in [5.74, 6) is -1.01. The fourth-order valence-corrected chi connectivity index (χ4v) is 4.40. The number of aryl methyl sites for hydroxylation is 1. The third-order valence-electron chi connectivity index (χ3n) is 6.50. The molecule has 1 saturated heterocycles. The first kappa shape index (κ1) is 23.0. The van der Waals surface area contributed by atoms with Crippen LogP contribution in [0.5, 0.6) is 5.75 Å². The van der Waals surface area contributed by atoms with E-state index in [1.165, 1.54) is 30.9 Å². The van der Waals surface area contributed by atoms with Crippen molar-refractivity contribution in [2.45, 2.75) is 26.2 Å². The third kappa shape index (κ3) is 4.49. The molecule has 3 aromatic rings. The van der Waals surface area contributed by atoms with Crippen LogP contribution in [0.15, 0.2) is 42.5 Å². The summed E-state index contributed by atoms with van der Waals surface area (Å²) in [6.07, 6.45) is -0.148. The number of fused-ring (bicyclic) bond motifs is 1. The fraction of sp³-hybridized carbons (Fsp3) is 0.360. The van der Waals surface area contributed by atoms with E-state index in [4.69, 9.17) is 9.47 Å². The molecule has 2 aliphatic rings. The molecule has 0 N–H and O–H groups in total. The van der Waals surface area contributed by atoms with Crippen molar-refractivity contribution >= 4 is 11.8 Å². The average molecular weight is 480 g/mol. The molecular formula is C25H26FN5O4. The van der Waals surface area contributed by atoms with Crippen molar-refractivity contribution in [1.82, 2.24) is 24.8 Å². The van der Waals surface area contributed by atoms with Crippen molar-refractivity contribution in [3.05, 3.63) is 76.4 Å². The van der Waals surface area contributed by atoms with Crippen LogP contribution in [-0.4, -0.2) is 69.9 Å². The lowest BCUT2D eigenvalue weighted by Gasteiger charge is -2.34. The number of ether oxygens (including phenoxy) is 2. The number of carbonyl (C=O) groups is 2. The molecule has 0 spiro atoms. The number of hydrogen-bond donors (Lipinski definition) is 0. The van der Waals surface area contributed by atoms with Crippen LogP contribution in [0, 0.1) is 12.7 Å². The van der Waals surface area contributed by atoms with E-state index in [1.54, 1.807) is 14.5 Å². The van der Waals surface area contributed by atoms with Crippen LogP contribution in [0.2, 0.25) is 0 Å². The van der Waals surface area contributed by atoms with Gasteiger partial charge < -0.3 is 19.3 Å². The minimum Gasteiger partial charge on any atom is -0.494 e. The predicted octanol–water partition coefficient (Wildman–Crippen LogP) is 2.60. The molecule has 0 unspecified atom stereocenters. The highest BCUT2D eigenvalue weighted by Crippen LogP contribution is 2.28. The number of methoxy groups -OCH3 is 1. The predicted molar refractivity (Wildman–Crippen MR) is 123 cm³/mol. The van der Waals surface area contributed by atoms with Crippen LogP contribution in [-0.2, 0) is 17.9 Å². The monoisotopic (exact) mass is 479 g/mol. The van der Waals surface area contributed by atoms with Gasteiger partial charge in [-0.1, -0.05) is 35.0 Å². The number of piperazine rings is 1. The molecule has 3 heterocycles. The van der Waals surface area contributed by atoms with Gasteiger partial charge in [-0.3, -0.25) is 9.59 Å². The molecule has 2 aromatic carbocycles. The van der Waals surface area contributed by atoms with Crippen molar-refractivity contribution < 1.29 is 23.5 Å². The Morgan fingerprint density at radius 3 is 2.37 bits per heavy atom. The quantitative estimate of drug-likeness (QED) is 0.572. The van der Waals surface area contributed by atoms with E-state index in [1.807, 2.05) is 31.2 Å². The molecule has 2 aliphatic heterocycles. The maximum absolute atomic E-state index is 14.0. The normalized spacial score (nSPS) is 17.7. The van der Waals surface area contributed by atoms with Gasteiger partial charge in [-0.15, -0.1) is 5.10 Å². The molecule has 5 rings (SSSR count). The van der Waals surface area contributed by atoms with Crippen LogP contribution < -0.4 is 4.74 Å². The van der Waals surface area contributed by atoms with Gasteiger partial charge in [-0.2, -0.15) is 0 Å². The molecule has 0 bridgehead atoms. The smallest absolute Gasteiger partial charge is 0.276 e. The van der Waals surface area contributed by atoms with Gasteiger partial charge in [0.25, 0.3) is 11.8 Å². The second kappa shape index (κ2) is 9.46. The molecule has 2 amide bonds.